The highest BCUT2D eigenvalue weighted by atomic mass is 19.1. The van der Waals surface area contributed by atoms with Crippen molar-refractivity contribution in [2.45, 2.75) is 25.7 Å². The van der Waals surface area contributed by atoms with E-state index >= 15 is 0 Å². The third-order valence-electron chi connectivity index (χ3n) is 4.19. The molecular weight excluding hydrogens is 335 g/mol. The molecule has 0 aromatic heterocycles. The Balaban J connectivity index is 1.67. The summed E-state index contributed by atoms with van der Waals surface area (Å²) < 4.78 is 19.0. The van der Waals surface area contributed by atoms with Crippen LogP contribution in [0.5, 0.6) is 11.5 Å². The van der Waals surface area contributed by atoms with Gasteiger partial charge in [0.15, 0.2) is 5.75 Å². The normalized spacial score (nSPS) is 14.7. The van der Waals surface area contributed by atoms with Crippen LogP contribution in [0, 0.1) is 5.82 Å². The lowest BCUT2D eigenvalue weighted by atomic mass is 10.2. The van der Waals surface area contributed by atoms with Gasteiger partial charge < -0.3 is 15.0 Å². The van der Waals surface area contributed by atoms with Gasteiger partial charge in [0.25, 0.3) is 0 Å². The van der Waals surface area contributed by atoms with Gasteiger partial charge in [-0.2, -0.15) is 0 Å². The lowest BCUT2D eigenvalue weighted by Crippen LogP contribution is -2.37. The van der Waals surface area contributed by atoms with Gasteiger partial charge in [0.2, 0.25) is 11.8 Å². The zero-order valence-corrected chi connectivity index (χ0v) is 14.4. The van der Waals surface area contributed by atoms with Gasteiger partial charge in [0.05, 0.1) is 12.2 Å². The van der Waals surface area contributed by atoms with Crippen molar-refractivity contribution in [3.05, 3.63) is 54.3 Å². The molecule has 136 valence electrons. The molecule has 0 spiro atoms. The second kappa shape index (κ2) is 8.47. The molecule has 0 aliphatic carbocycles. The van der Waals surface area contributed by atoms with Crippen LogP contribution >= 0.6 is 0 Å². The van der Waals surface area contributed by atoms with E-state index in [0.717, 1.165) is 19.3 Å². The Morgan fingerprint density at radius 2 is 1.96 bits per heavy atom. The average Bonchev–Trinajstić information content (AvgIpc) is 2.81. The van der Waals surface area contributed by atoms with E-state index in [1.165, 1.54) is 12.1 Å². The number of rotatable bonds is 5. The molecule has 26 heavy (non-hydrogen) atoms. The maximum absolute atomic E-state index is 13.3. The van der Waals surface area contributed by atoms with Gasteiger partial charge in [0, 0.05) is 19.0 Å². The summed E-state index contributed by atoms with van der Waals surface area (Å²) in [6.45, 7) is 0.626. The van der Waals surface area contributed by atoms with Crippen molar-refractivity contribution in [3.63, 3.8) is 0 Å². The molecule has 0 saturated carbocycles. The minimum atomic E-state index is -0.399. The van der Waals surface area contributed by atoms with Crippen molar-refractivity contribution >= 4 is 17.5 Å². The van der Waals surface area contributed by atoms with E-state index in [1.807, 2.05) is 0 Å². The van der Waals surface area contributed by atoms with Gasteiger partial charge in [-0.1, -0.05) is 24.6 Å². The summed E-state index contributed by atoms with van der Waals surface area (Å²) in [7, 11) is 0. The third-order valence-corrected chi connectivity index (χ3v) is 4.19. The molecule has 1 aliphatic heterocycles. The summed E-state index contributed by atoms with van der Waals surface area (Å²) in [6, 6.07) is 12.7. The second-order valence-electron chi connectivity index (χ2n) is 6.23. The highest BCUT2D eigenvalue weighted by Gasteiger charge is 2.19. The van der Waals surface area contributed by atoms with Crippen molar-refractivity contribution in [3.8, 4) is 11.5 Å². The molecule has 3 rings (SSSR count). The first-order valence-corrected chi connectivity index (χ1v) is 8.72. The summed E-state index contributed by atoms with van der Waals surface area (Å²) in [6.07, 6.45) is 3.29. The molecule has 0 bridgehead atoms. The van der Waals surface area contributed by atoms with E-state index in [4.69, 9.17) is 4.74 Å². The van der Waals surface area contributed by atoms with Gasteiger partial charge in [-0.3, -0.25) is 9.59 Å². The Kier molecular flexibility index (Phi) is 5.84. The van der Waals surface area contributed by atoms with Crippen LogP contribution in [-0.2, 0) is 9.59 Å². The van der Waals surface area contributed by atoms with E-state index in [0.29, 0.717) is 30.2 Å². The molecular formula is C20H21FN2O3. The largest absolute Gasteiger partial charge is 0.455 e. The topological polar surface area (TPSA) is 58.6 Å². The monoisotopic (exact) mass is 356 g/mol. The molecule has 2 amide bonds. The Bertz CT molecular complexity index is 794. The number of halogens is 1. The molecule has 1 aliphatic rings. The standard InChI is InChI=1S/C20H21FN2O3/c21-15-7-6-8-16(13-15)26-18-10-4-3-9-17(18)22-19(24)14-23-12-5-1-2-11-20(23)25/h3-4,6-10,13H,1-2,5,11-12,14H2,(H,22,24). The molecule has 1 N–H and O–H groups in total. The lowest BCUT2D eigenvalue weighted by Gasteiger charge is -2.20. The van der Waals surface area contributed by atoms with Crippen molar-refractivity contribution in [2.75, 3.05) is 18.4 Å². The van der Waals surface area contributed by atoms with Crippen molar-refractivity contribution in [1.82, 2.24) is 4.90 Å². The number of benzene rings is 2. The van der Waals surface area contributed by atoms with Gasteiger partial charge in [-0.15, -0.1) is 0 Å². The molecule has 5 nitrogen and oxygen atoms in total. The highest BCUT2D eigenvalue weighted by molar-refractivity contribution is 5.95. The van der Waals surface area contributed by atoms with E-state index in [1.54, 1.807) is 41.3 Å². The molecule has 2 aromatic rings. The van der Waals surface area contributed by atoms with Crippen molar-refractivity contribution in [2.24, 2.45) is 0 Å². The van der Waals surface area contributed by atoms with Gasteiger partial charge in [-0.25, -0.2) is 4.39 Å². The number of amides is 2. The molecule has 0 atom stereocenters. The van der Waals surface area contributed by atoms with Crippen LogP contribution in [0.25, 0.3) is 0 Å². The summed E-state index contributed by atoms with van der Waals surface area (Å²) in [4.78, 5) is 26.0. The Hall–Kier alpha value is -2.89. The SMILES string of the molecule is O=C(CN1CCCCCC1=O)Nc1ccccc1Oc1cccc(F)c1. The van der Waals surface area contributed by atoms with Crippen LogP contribution in [0.4, 0.5) is 10.1 Å². The quantitative estimate of drug-likeness (QED) is 0.882. The predicted molar refractivity (Wildman–Crippen MR) is 96.6 cm³/mol. The Morgan fingerprint density at radius 3 is 2.81 bits per heavy atom. The fraction of sp³-hybridized carbons (Fsp3) is 0.300. The maximum Gasteiger partial charge on any atom is 0.244 e. The number of hydrogen-bond donors (Lipinski definition) is 1. The van der Waals surface area contributed by atoms with Crippen molar-refractivity contribution < 1.29 is 18.7 Å². The summed E-state index contributed by atoms with van der Waals surface area (Å²) in [5.74, 6) is 0.0872. The smallest absolute Gasteiger partial charge is 0.244 e. The first-order chi connectivity index (χ1) is 12.6. The Morgan fingerprint density at radius 1 is 1.12 bits per heavy atom. The molecule has 0 unspecified atom stereocenters. The molecule has 1 saturated heterocycles. The molecule has 2 aromatic carbocycles. The first-order valence-electron chi connectivity index (χ1n) is 8.72. The summed E-state index contributed by atoms with van der Waals surface area (Å²) in [5.41, 5.74) is 0.476. The fourth-order valence-corrected chi connectivity index (χ4v) is 2.89. The molecule has 1 fully saturated rings. The maximum atomic E-state index is 13.3. The van der Waals surface area contributed by atoms with Crippen LogP contribution < -0.4 is 10.1 Å². The summed E-state index contributed by atoms with van der Waals surface area (Å²) in [5, 5.41) is 2.78. The first kappa shape index (κ1) is 17.9. The number of anilines is 1. The zero-order valence-electron chi connectivity index (χ0n) is 14.4. The van der Waals surface area contributed by atoms with Crippen LogP contribution in [0.1, 0.15) is 25.7 Å². The number of nitrogens with zero attached hydrogens (tertiary/aromatic N) is 1. The fourth-order valence-electron chi connectivity index (χ4n) is 2.89. The molecule has 6 heteroatoms. The number of ether oxygens (including phenoxy) is 1. The minimum Gasteiger partial charge on any atom is -0.455 e. The van der Waals surface area contributed by atoms with Gasteiger partial charge >= 0.3 is 0 Å². The molecule has 0 radical (unpaired) electrons. The average molecular weight is 356 g/mol. The van der Waals surface area contributed by atoms with Crippen LogP contribution in [-0.4, -0.2) is 29.8 Å². The van der Waals surface area contributed by atoms with E-state index in [2.05, 4.69) is 5.32 Å². The number of nitrogens with one attached hydrogen (secondary N) is 1. The number of hydrogen-bond acceptors (Lipinski definition) is 3. The third kappa shape index (κ3) is 4.81. The predicted octanol–water partition coefficient (Wildman–Crippen LogP) is 3.96. The van der Waals surface area contributed by atoms with Crippen LogP contribution in [0.3, 0.4) is 0 Å². The van der Waals surface area contributed by atoms with Gasteiger partial charge in [-0.05, 0) is 37.1 Å². The number of carbonyl (C=O) groups excluding carboxylic acids is 2. The minimum absolute atomic E-state index is 0.0157. The van der Waals surface area contributed by atoms with E-state index in [9.17, 15) is 14.0 Å². The van der Waals surface area contributed by atoms with Crippen molar-refractivity contribution in [1.29, 1.82) is 0 Å². The van der Waals surface area contributed by atoms with Crippen LogP contribution in [0.15, 0.2) is 48.5 Å². The number of likely N-dealkylation sites (tertiary alicyclic amines) is 1. The second-order valence-corrected chi connectivity index (χ2v) is 6.23. The lowest BCUT2D eigenvalue weighted by molar-refractivity contribution is -0.134. The molecule has 1 heterocycles. The highest BCUT2D eigenvalue weighted by Crippen LogP contribution is 2.29. The van der Waals surface area contributed by atoms with Gasteiger partial charge in [0.1, 0.15) is 11.6 Å². The van der Waals surface area contributed by atoms with E-state index in [-0.39, 0.29) is 18.4 Å². The summed E-state index contributed by atoms with van der Waals surface area (Å²) >= 11 is 0. The zero-order chi connectivity index (χ0) is 18.4. The Labute approximate surface area is 151 Å². The number of carbonyl (C=O) groups is 2. The van der Waals surface area contributed by atoms with E-state index < -0.39 is 5.82 Å². The number of para-hydroxylation sites is 2. The van der Waals surface area contributed by atoms with Crippen LogP contribution in [0.2, 0.25) is 0 Å².